The zero-order chi connectivity index (χ0) is 16.8. The van der Waals surface area contributed by atoms with E-state index < -0.39 is 0 Å². The molecule has 0 spiro atoms. The molecule has 25 heavy (non-hydrogen) atoms. The van der Waals surface area contributed by atoms with E-state index in [0.29, 0.717) is 17.7 Å². The molecule has 1 amide bonds. The van der Waals surface area contributed by atoms with E-state index in [1.165, 1.54) is 10.6 Å². The molecule has 1 aromatic heterocycles. The molecule has 0 radical (unpaired) electrons. The van der Waals surface area contributed by atoms with Crippen molar-refractivity contribution < 1.29 is 14.3 Å². The van der Waals surface area contributed by atoms with Crippen molar-refractivity contribution >= 4 is 22.4 Å². The third-order valence-electron chi connectivity index (χ3n) is 6.11. The molecule has 0 bridgehead atoms. The van der Waals surface area contributed by atoms with Crippen LogP contribution in [0.25, 0.3) is 0 Å². The van der Waals surface area contributed by atoms with Crippen LogP contribution in [0.3, 0.4) is 0 Å². The van der Waals surface area contributed by atoms with Crippen molar-refractivity contribution in [3.05, 3.63) is 10.6 Å². The molecular formula is C18H25N3O3S. The largest absolute Gasteiger partial charge is 0.381 e. The molecule has 7 heteroatoms. The summed E-state index contributed by atoms with van der Waals surface area (Å²) in [6.07, 6.45) is 2.79. The summed E-state index contributed by atoms with van der Waals surface area (Å²) in [6.45, 7) is 6.86. The van der Waals surface area contributed by atoms with Gasteiger partial charge >= 0.3 is 0 Å². The van der Waals surface area contributed by atoms with Crippen molar-refractivity contribution in [3.63, 3.8) is 0 Å². The van der Waals surface area contributed by atoms with E-state index in [2.05, 4.69) is 9.80 Å². The van der Waals surface area contributed by atoms with Crippen molar-refractivity contribution in [2.75, 3.05) is 57.5 Å². The van der Waals surface area contributed by atoms with Gasteiger partial charge in [0.2, 0.25) is 5.91 Å². The van der Waals surface area contributed by atoms with E-state index in [1.54, 1.807) is 0 Å². The average Bonchev–Trinajstić information content (AvgIpc) is 3.35. The second kappa shape index (κ2) is 6.52. The molecule has 0 N–H and O–H groups in total. The highest BCUT2D eigenvalue weighted by Crippen LogP contribution is 2.36. The second-order valence-corrected chi connectivity index (χ2v) is 8.77. The Morgan fingerprint density at radius 2 is 1.88 bits per heavy atom. The third kappa shape index (κ3) is 2.96. The average molecular weight is 363 g/mol. The lowest BCUT2D eigenvalue weighted by Gasteiger charge is -2.26. The molecule has 0 aromatic carbocycles. The Morgan fingerprint density at radius 1 is 1.12 bits per heavy atom. The highest BCUT2D eigenvalue weighted by atomic mass is 32.1. The fraction of sp³-hybridized carbons (Fsp3) is 0.778. The first-order chi connectivity index (χ1) is 12.3. The summed E-state index contributed by atoms with van der Waals surface area (Å²) in [7, 11) is 0. The number of rotatable bonds is 2. The van der Waals surface area contributed by atoms with Gasteiger partial charge in [-0.2, -0.15) is 0 Å². The Balaban J connectivity index is 1.26. The summed E-state index contributed by atoms with van der Waals surface area (Å²) in [5, 5.41) is 1.12. The summed E-state index contributed by atoms with van der Waals surface area (Å²) < 4.78 is 11.0. The molecule has 3 atom stereocenters. The van der Waals surface area contributed by atoms with Gasteiger partial charge in [0.15, 0.2) is 5.13 Å². The summed E-state index contributed by atoms with van der Waals surface area (Å²) in [4.78, 5) is 23.7. The Hall–Kier alpha value is -1.18. The van der Waals surface area contributed by atoms with Gasteiger partial charge in [0.25, 0.3) is 0 Å². The Labute approximate surface area is 152 Å². The minimum absolute atomic E-state index is 0.117. The SMILES string of the molecule is O=C(C1CCc2sc(N3CCOCC3)nc2C1)N1C[C@H]2COC[C@H]2C1. The topological polar surface area (TPSA) is 54.9 Å². The molecule has 1 aromatic rings. The number of amides is 1. The van der Waals surface area contributed by atoms with E-state index >= 15 is 0 Å². The molecule has 4 heterocycles. The van der Waals surface area contributed by atoms with Crippen LogP contribution in [0.5, 0.6) is 0 Å². The molecule has 1 unspecified atom stereocenters. The Kier molecular flexibility index (Phi) is 4.18. The number of fused-ring (bicyclic) bond motifs is 2. The summed E-state index contributed by atoms with van der Waals surface area (Å²) in [5.74, 6) is 1.60. The first kappa shape index (κ1) is 16.0. The zero-order valence-electron chi connectivity index (χ0n) is 14.5. The lowest BCUT2D eigenvalue weighted by molar-refractivity contribution is -0.135. The zero-order valence-corrected chi connectivity index (χ0v) is 15.3. The van der Waals surface area contributed by atoms with Gasteiger partial charge < -0.3 is 19.3 Å². The number of aryl methyl sites for hydroxylation is 1. The summed E-state index contributed by atoms with van der Waals surface area (Å²) in [6, 6.07) is 0. The predicted octanol–water partition coefficient (Wildman–Crippen LogP) is 1.19. The minimum atomic E-state index is 0.117. The van der Waals surface area contributed by atoms with Gasteiger partial charge in [0, 0.05) is 55.2 Å². The smallest absolute Gasteiger partial charge is 0.226 e. The third-order valence-corrected chi connectivity index (χ3v) is 7.33. The number of likely N-dealkylation sites (tertiary alicyclic amines) is 1. The van der Waals surface area contributed by atoms with Crippen molar-refractivity contribution in [2.24, 2.45) is 17.8 Å². The summed E-state index contributed by atoms with van der Waals surface area (Å²) >= 11 is 1.82. The molecule has 0 saturated carbocycles. The number of hydrogen-bond acceptors (Lipinski definition) is 6. The van der Waals surface area contributed by atoms with Crippen LogP contribution in [-0.4, -0.2) is 68.4 Å². The molecule has 3 aliphatic heterocycles. The van der Waals surface area contributed by atoms with Gasteiger partial charge in [-0.05, 0) is 12.8 Å². The van der Waals surface area contributed by atoms with Crippen LogP contribution < -0.4 is 4.90 Å². The van der Waals surface area contributed by atoms with Gasteiger partial charge in [0.1, 0.15) is 0 Å². The first-order valence-corrected chi connectivity index (χ1v) is 10.3. The van der Waals surface area contributed by atoms with Crippen LogP contribution in [0.4, 0.5) is 5.13 Å². The number of nitrogens with zero attached hydrogens (tertiary/aromatic N) is 3. The van der Waals surface area contributed by atoms with Crippen molar-refractivity contribution in [3.8, 4) is 0 Å². The molecule has 6 nitrogen and oxygen atoms in total. The monoisotopic (exact) mass is 363 g/mol. The standard InChI is InChI=1S/C18H25N3O3S/c22-17(21-8-13-10-24-11-14(13)9-21)12-1-2-16-15(7-12)19-18(25-16)20-3-5-23-6-4-20/h12-14H,1-11H2/t12?,13-,14+. The number of carbonyl (C=O) groups is 1. The van der Waals surface area contributed by atoms with E-state index in [-0.39, 0.29) is 5.92 Å². The van der Waals surface area contributed by atoms with Crippen molar-refractivity contribution in [1.82, 2.24) is 9.88 Å². The number of carbonyl (C=O) groups excluding carboxylic acids is 1. The quantitative estimate of drug-likeness (QED) is 0.790. The van der Waals surface area contributed by atoms with E-state index in [9.17, 15) is 4.79 Å². The van der Waals surface area contributed by atoms with E-state index in [0.717, 1.165) is 77.0 Å². The van der Waals surface area contributed by atoms with Gasteiger partial charge in [-0.25, -0.2) is 4.98 Å². The van der Waals surface area contributed by atoms with Crippen LogP contribution in [0.1, 0.15) is 17.0 Å². The maximum Gasteiger partial charge on any atom is 0.226 e. The Morgan fingerprint density at radius 3 is 2.64 bits per heavy atom. The lowest BCUT2D eigenvalue weighted by Crippen LogP contribution is -2.38. The normalized spacial score (nSPS) is 31.9. The second-order valence-electron chi connectivity index (χ2n) is 7.71. The molecule has 3 fully saturated rings. The maximum absolute atomic E-state index is 13.0. The van der Waals surface area contributed by atoms with E-state index in [1.807, 2.05) is 11.3 Å². The molecule has 1 aliphatic carbocycles. The van der Waals surface area contributed by atoms with Gasteiger partial charge in [0.05, 0.1) is 32.1 Å². The van der Waals surface area contributed by atoms with Gasteiger partial charge in [-0.1, -0.05) is 0 Å². The van der Waals surface area contributed by atoms with Crippen LogP contribution in [0, 0.1) is 17.8 Å². The minimum Gasteiger partial charge on any atom is -0.381 e. The Bertz CT molecular complexity index is 646. The lowest BCUT2D eigenvalue weighted by atomic mass is 9.90. The predicted molar refractivity (Wildman–Crippen MR) is 95.0 cm³/mol. The van der Waals surface area contributed by atoms with Crippen LogP contribution >= 0.6 is 11.3 Å². The molecule has 136 valence electrons. The number of hydrogen-bond donors (Lipinski definition) is 0. The number of anilines is 1. The number of aromatic nitrogens is 1. The molecule has 5 rings (SSSR count). The van der Waals surface area contributed by atoms with Crippen LogP contribution in [-0.2, 0) is 27.1 Å². The number of morpholine rings is 1. The molecule has 4 aliphatic rings. The molecule has 3 saturated heterocycles. The van der Waals surface area contributed by atoms with Gasteiger partial charge in [-0.15, -0.1) is 11.3 Å². The summed E-state index contributed by atoms with van der Waals surface area (Å²) in [5.41, 5.74) is 1.17. The maximum atomic E-state index is 13.0. The van der Waals surface area contributed by atoms with Crippen molar-refractivity contribution in [1.29, 1.82) is 0 Å². The molecular weight excluding hydrogens is 338 g/mol. The highest BCUT2D eigenvalue weighted by Gasteiger charge is 2.41. The fourth-order valence-corrected chi connectivity index (χ4v) is 5.75. The van der Waals surface area contributed by atoms with Crippen molar-refractivity contribution in [2.45, 2.75) is 19.3 Å². The van der Waals surface area contributed by atoms with Crippen LogP contribution in [0.2, 0.25) is 0 Å². The highest BCUT2D eigenvalue weighted by molar-refractivity contribution is 7.15. The fourth-order valence-electron chi connectivity index (χ4n) is 4.59. The first-order valence-electron chi connectivity index (χ1n) is 9.46. The van der Waals surface area contributed by atoms with Gasteiger partial charge in [-0.3, -0.25) is 4.79 Å². The number of ether oxygens (including phenoxy) is 2. The van der Waals surface area contributed by atoms with E-state index in [4.69, 9.17) is 14.5 Å². The number of thiazole rings is 1. The van der Waals surface area contributed by atoms with Crippen LogP contribution in [0.15, 0.2) is 0 Å².